The molecule has 1 aromatic heterocycles. The Bertz CT molecular complexity index is 562. The fraction of sp³-hybridized carbons (Fsp3) is 0.429. The van der Waals surface area contributed by atoms with Gasteiger partial charge in [-0.3, -0.25) is 0 Å². The average molecular weight is 255 g/mol. The van der Waals surface area contributed by atoms with E-state index in [1.165, 1.54) is 13.2 Å². The molecular weight excluding hydrogens is 245 g/mol. The zero-order chi connectivity index (χ0) is 12.5. The van der Waals surface area contributed by atoms with Crippen molar-refractivity contribution in [1.29, 1.82) is 0 Å². The zero-order valence-corrected chi connectivity index (χ0v) is 9.86. The average Bonchev–Trinajstić information content (AvgIpc) is 2.90. The highest BCUT2D eigenvalue weighted by Crippen LogP contribution is 2.27. The molecule has 1 unspecified atom stereocenters. The van der Waals surface area contributed by atoms with Crippen LogP contribution >= 0.6 is 0 Å². The Morgan fingerprint density at radius 1 is 1.76 bits per heavy atom. The Kier molecular flexibility index (Phi) is 3.07. The van der Waals surface area contributed by atoms with E-state index in [1.54, 1.807) is 9.91 Å². The fourth-order valence-electron chi connectivity index (χ4n) is 1.43. The van der Waals surface area contributed by atoms with Crippen molar-refractivity contribution in [2.24, 2.45) is 4.36 Å². The van der Waals surface area contributed by atoms with Crippen LogP contribution in [0.15, 0.2) is 15.5 Å². The molecule has 2 heterocycles. The lowest BCUT2D eigenvalue weighted by Crippen LogP contribution is -2.24. The highest BCUT2D eigenvalue weighted by Gasteiger charge is 2.26. The summed E-state index contributed by atoms with van der Waals surface area (Å²) in [6.45, 7) is 1.04. The molecule has 2 N–H and O–H groups in total. The second-order valence-corrected chi connectivity index (χ2v) is 5.24. The summed E-state index contributed by atoms with van der Waals surface area (Å²) in [5, 5.41) is 5.79. The molecule has 0 fully saturated rings. The molecule has 10 heteroatoms. The summed E-state index contributed by atoms with van der Waals surface area (Å²) in [5.41, 5.74) is 0. The molecular formula is C7H10BN5O3S. The zero-order valence-electron chi connectivity index (χ0n) is 9.04. The summed E-state index contributed by atoms with van der Waals surface area (Å²) < 4.78 is 25.2. The van der Waals surface area contributed by atoms with E-state index in [1.807, 2.05) is 0 Å². The molecule has 1 aromatic rings. The van der Waals surface area contributed by atoms with E-state index in [0.29, 0.717) is 19.0 Å². The van der Waals surface area contributed by atoms with E-state index in [2.05, 4.69) is 14.2 Å². The van der Waals surface area contributed by atoms with Crippen LogP contribution in [0.3, 0.4) is 0 Å². The molecule has 2 rings (SSSR count). The van der Waals surface area contributed by atoms with Crippen LogP contribution in [0.2, 0.25) is 0 Å². The topological polar surface area (TPSA) is 97.6 Å². The highest BCUT2D eigenvalue weighted by atomic mass is 32.2. The molecule has 17 heavy (non-hydrogen) atoms. The first-order valence-electron chi connectivity index (χ1n) is 4.75. The molecule has 0 aromatic carbocycles. The Labute approximate surface area is 99.5 Å². The van der Waals surface area contributed by atoms with Crippen molar-refractivity contribution < 1.29 is 13.7 Å². The van der Waals surface area contributed by atoms with Gasteiger partial charge in [0.2, 0.25) is 13.9 Å². The number of carbonyl (C=O) groups excluding carboxylic acids is 1. The summed E-state index contributed by atoms with van der Waals surface area (Å²) in [6.07, 6.45) is 1.36. The van der Waals surface area contributed by atoms with Gasteiger partial charge in [-0.25, -0.2) is 18.4 Å². The molecule has 1 aliphatic rings. The van der Waals surface area contributed by atoms with Crippen molar-refractivity contribution in [3.63, 3.8) is 0 Å². The first-order chi connectivity index (χ1) is 8.10. The molecule has 1 aliphatic heterocycles. The fourth-order valence-corrected chi connectivity index (χ4v) is 2.72. The number of rotatable bonds is 2. The molecule has 0 aliphatic carbocycles. The van der Waals surface area contributed by atoms with E-state index in [4.69, 9.17) is 12.7 Å². The van der Waals surface area contributed by atoms with Crippen LogP contribution in [0.5, 0.6) is 5.88 Å². The summed E-state index contributed by atoms with van der Waals surface area (Å²) in [4.78, 5) is 11.3. The van der Waals surface area contributed by atoms with Crippen molar-refractivity contribution in [2.45, 2.75) is 11.4 Å². The van der Waals surface area contributed by atoms with Crippen LogP contribution in [0.1, 0.15) is 0 Å². The monoisotopic (exact) mass is 255 g/mol. The second-order valence-electron chi connectivity index (χ2n) is 3.16. The first kappa shape index (κ1) is 11.9. The minimum absolute atomic E-state index is 0.237. The van der Waals surface area contributed by atoms with Crippen molar-refractivity contribution >= 4 is 23.9 Å². The number of ether oxygens (including phenoxy) is 1. The van der Waals surface area contributed by atoms with Crippen molar-refractivity contribution in [2.75, 3.05) is 13.7 Å². The minimum atomic E-state index is -3.12. The maximum Gasteiger partial charge on any atom is 0.337 e. The number of carbonyl (C=O) groups is 1. The highest BCUT2D eigenvalue weighted by molar-refractivity contribution is 7.92. The van der Waals surface area contributed by atoms with Crippen molar-refractivity contribution in [3.05, 3.63) is 6.20 Å². The number of fused-ring (bicyclic) bond motifs is 1. The number of hydrogen-bond acceptors (Lipinski definition) is 4. The molecule has 8 nitrogen and oxygen atoms in total. The van der Waals surface area contributed by atoms with Crippen LogP contribution < -0.4 is 14.7 Å². The van der Waals surface area contributed by atoms with Crippen LogP contribution in [-0.4, -0.2) is 41.7 Å². The molecule has 0 spiro atoms. The molecule has 0 saturated heterocycles. The smallest absolute Gasteiger partial charge is 0.337 e. The lowest BCUT2D eigenvalue weighted by atomic mass is 10.4. The number of urea groups is 1. The van der Waals surface area contributed by atoms with Gasteiger partial charge in [0, 0.05) is 0 Å². The minimum Gasteiger partial charge on any atom is -0.475 e. The summed E-state index contributed by atoms with van der Waals surface area (Å²) >= 11 is 0. The molecule has 2 amide bonds. The predicted molar refractivity (Wildman–Crippen MR) is 59.9 cm³/mol. The van der Waals surface area contributed by atoms with E-state index >= 15 is 0 Å². The summed E-state index contributed by atoms with van der Waals surface area (Å²) in [7, 11) is 3.20. The van der Waals surface area contributed by atoms with E-state index in [-0.39, 0.29) is 4.90 Å². The quantitative estimate of drug-likeness (QED) is 0.664. The van der Waals surface area contributed by atoms with E-state index < -0.39 is 15.9 Å². The molecule has 90 valence electrons. The number of hydrogen-bond donors (Lipinski definition) is 2. The standard InChI is InChI=1S/C7H10BN5O3S/c1-9-17(15,12-7(14)11-8)5-4-10-13-2-3-16-6(5)13/h4H,2-3H2,1H3,(H2,9,11,12,14,15). The number of amides is 2. The Balaban J connectivity index is 2.52. The molecule has 0 bridgehead atoms. The lowest BCUT2D eigenvalue weighted by Gasteiger charge is -2.07. The summed E-state index contributed by atoms with van der Waals surface area (Å²) in [5.74, 6) is 0.359. The van der Waals surface area contributed by atoms with Gasteiger partial charge >= 0.3 is 6.03 Å². The van der Waals surface area contributed by atoms with E-state index in [0.717, 1.165) is 0 Å². The largest absolute Gasteiger partial charge is 0.475 e. The number of nitrogens with zero attached hydrogens (tertiary/aromatic N) is 3. The third kappa shape index (κ3) is 2.00. The van der Waals surface area contributed by atoms with Gasteiger partial charge in [-0.15, -0.1) is 4.36 Å². The van der Waals surface area contributed by atoms with Gasteiger partial charge in [0.1, 0.15) is 11.5 Å². The Morgan fingerprint density at radius 2 is 2.53 bits per heavy atom. The van der Waals surface area contributed by atoms with Crippen LogP contribution in [0, 0.1) is 0 Å². The van der Waals surface area contributed by atoms with Gasteiger partial charge in [0.05, 0.1) is 12.7 Å². The van der Waals surface area contributed by atoms with Gasteiger partial charge in [-0.2, -0.15) is 5.10 Å². The maximum absolute atomic E-state index is 12.4. The van der Waals surface area contributed by atoms with Gasteiger partial charge in [-0.05, 0) is 7.05 Å². The normalized spacial score (nSPS) is 16.8. The third-order valence-corrected chi connectivity index (χ3v) is 4.06. The SMILES string of the molecule is [B]NC(=O)N=S(=O)(NC)c1cnn2c1OCC2. The lowest BCUT2D eigenvalue weighted by molar-refractivity contribution is 0.254. The van der Waals surface area contributed by atoms with Crippen molar-refractivity contribution in [3.8, 4) is 5.88 Å². The van der Waals surface area contributed by atoms with Gasteiger partial charge in [-0.1, -0.05) is 0 Å². The molecule has 2 radical (unpaired) electrons. The Hall–Kier alpha value is -1.55. The number of aromatic nitrogens is 2. The Morgan fingerprint density at radius 3 is 3.18 bits per heavy atom. The maximum atomic E-state index is 12.4. The van der Waals surface area contributed by atoms with Crippen LogP contribution in [0.4, 0.5) is 4.79 Å². The van der Waals surface area contributed by atoms with Crippen LogP contribution in [0.25, 0.3) is 0 Å². The molecule has 1 atom stereocenters. The predicted octanol–water partition coefficient (Wildman–Crippen LogP) is -0.970. The van der Waals surface area contributed by atoms with E-state index in [9.17, 15) is 9.00 Å². The van der Waals surface area contributed by atoms with Gasteiger partial charge in [0.15, 0.2) is 9.92 Å². The first-order valence-corrected chi connectivity index (χ1v) is 6.27. The van der Waals surface area contributed by atoms with Gasteiger partial charge in [0.25, 0.3) is 0 Å². The van der Waals surface area contributed by atoms with Gasteiger partial charge < -0.3 is 9.96 Å². The molecule has 0 saturated carbocycles. The second kappa shape index (κ2) is 4.38. The summed E-state index contributed by atoms with van der Waals surface area (Å²) in [6, 6.07) is -0.887. The number of nitrogens with one attached hydrogen (secondary N) is 2. The third-order valence-electron chi connectivity index (χ3n) is 2.21. The van der Waals surface area contributed by atoms with Crippen LogP contribution in [-0.2, 0) is 16.5 Å². The van der Waals surface area contributed by atoms with Crippen molar-refractivity contribution in [1.82, 2.24) is 19.7 Å².